The van der Waals surface area contributed by atoms with Crippen molar-refractivity contribution in [1.29, 1.82) is 0 Å². The Morgan fingerprint density at radius 2 is 1.89 bits per heavy atom. The number of rotatable bonds is 6. The average molecular weight is 256 g/mol. The van der Waals surface area contributed by atoms with Gasteiger partial charge in [0.1, 0.15) is 0 Å². The summed E-state index contributed by atoms with van der Waals surface area (Å²) in [7, 11) is 0. The van der Waals surface area contributed by atoms with E-state index in [1.807, 2.05) is 0 Å². The minimum Gasteiger partial charge on any atom is -0.481 e. The molecule has 3 N–H and O–H groups in total. The number of hydrogen-bond acceptors (Lipinski definition) is 2. The summed E-state index contributed by atoms with van der Waals surface area (Å²) < 4.78 is 0. The molecule has 0 bridgehead atoms. The van der Waals surface area contributed by atoms with Crippen LogP contribution in [-0.2, 0) is 4.79 Å². The minimum absolute atomic E-state index is 0.0140. The highest BCUT2D eigenvalue weighted by atomic mass is 16.4. The molecule has 1 saturated carbocycles. The smallest absolute Gasteiger partial charge is 0.315 e. The van der Waals surface area contributed by atoms with Gasteiger partial charge in [-0.3, -0.25) is 4.79 Å². The van der Waals surface area contributed by atoms with Crippen molar-refractivity contribution in [3.63, 3.8) is 0 Å². The molecule has 5 heteroatoms. The van der Waals surface area contributed by atoms with Crippen molar-refractivity contribution in [3.8, 4) is 0 Å². The Balaban J connectivity index is 2.36. The highest BCUT2D eigenvalue weighted by molar-refractivity contribution is 5.77. The number of carbonyl (C=O) groups is 2. The quantitative estimate of drug-likeness (QED) is 0.680. The number of carboxylic acids is 1. The summed E-state index contributed by atoms with van der Waals surface area (Å²) in [5.41, 5.74) is -0.517. The highest BCUT2D eigenvalue weighted by Gasteiger charge is 2.40. The van der Waals surface area contributed by atoms with Crippen LogP contribution >= 0.6 is 0 Å². The molecule has 18 heavy (non-hydrogen) atoms. The summed E-state index contributed by atoms with van der Waals surface area (Å²) in [6, 6.07) is -0.247. The van der Waals surface area contributed by atoms with Crippen LogP contribution in [0.2, 0.25) is 0 Å². The number of nitrogens with one attached hydrogen (secondary N) is 2. The van der Waals surface area contributed by atoms with E-state index in [1.165, 1.54) is 0 Å². The lowest BCUT2D eigenvalue weighted by atomic mass is 9.74. The van der Waals surface area contributed by atoms with Crippen LogP contribution in [0.3, 0.4) is 0 Å². The zero-order valence-electron chi connectivity index (χ0n) is 11.5. The van der Waals surface area contributed by atoms with Crippen molar-refractivity contribution in [2.45, 2.75) is 52.0 Å². The predicted octanol–water partition coefficient (Wildman–Crippen LogP) is 1.98. The van der Waals surface area contributed by atoms with Gasteiger partial charge in [0.05, 0.1) is 12.0 Å². The van der Waals surface area contributed by atoms with Gasteiger partial charge in [0.15, 0.2) is 0 Å². The number of urea groups is 1. The summed E-state index contributed by atoms with van der Waals surface area (Å²) >= 11 is 0. The summed E-state index contributed by atoms with van der Waals surface area (Å²) in [6.45, 7) is 6.93. The van der Waals surface area contributed by atoms with Crippen LogP contribution in [0, 0.1) is 11.8 Å². The van der Waals surface area contributed by atoms with Gasteiger partial charge in [0.25, 0.3) is 0 Å². The van der Waals surface area contributed by atoms with Crippen LogP contribution < -0.4 is 10.6 Å². The zero-order valence-corrected chi connectivity index (χ0v) is 11.5. The second-order valence-corrected chi connectivity index (χ2v) is 5.76. The topological polar surface area (TPSA) is 78.4 Å². The van der Waals surface area contributed by atoms with Gasteiger partial charge in [-0.2, -0.15) is 0 Å². The molecule has 0 saturated heterocycles. The summed E-state index contributed by atoms with van der Waals surface area (Å²) in [5.74, 6) is 0.0695. The van der Waals surface area contributed by atoms with E-state index in [1.54, 1.807) is 0 Å². The van der Waals surface area contributed by atoms with E-state index in [4.69, 9.17) is 5.11 Å². The van der Waals surface area contributed by atoms with Crippen LogP contribution in [0.4, 0.5) is 4.79 Å². The van der Waals surface area contributed by atoms with E-state index < -0.39 is 11.5 Å². The van der Waals surface area contributed by atoms with Crippen molar-refractivity contribution in [3.05, 3.63) is 0 Å². The first kappa shape index (κ1) is 14.8. The maximum Gasteiger partial charge on any atom is 0.315 e. The summed E-state index contributed by atoms with van der Waals surface area (Å²) in [5, 5.41) is 14.5. The molecule has 0 radical (unpaired) electrons. The van der Waals surface area contributed by atoms with Crippen LogP contribution in [0.25, 0.3) is 0 Å². The lowest BCUT2D eigenvalue weighted by molar-refractivity contribution is -0.139. The maximum absolute atomic E-state index is 11.7. The molecule has 0 heterocycles. The van der Waals surface area contributed by atoms with Crippen molar-refractivity contribution in [2.75, 3.05) is 6.54 Å². The summed E-state index contributed by atoms with van der Waals surface area (Å²) in [6.07, 6.45) is 2.51. The minimum atomic E-state index is -0.856. The average Bonchev–Trinajstić information content (AvgIpc) is 2.21. The number of aliphatic carboxylic acids is 1. The normalized spacial score (nSPS) is 18.9. The predicted molar refractivity (Wildman–Crippen MR) is 69.4 cm³/mol. The second kappa shape index (κ2) is 6.07. The van der Waals surface area contributed by atoms with Crippen LogP contribution in [0.5, 0.6) is 0 Å². The van der Waals surface area contributed by atoms with E-state index in [9.17, 15) is 9.59 Å². The highest BCUT2D eigenvalue weighted by Crippen LogP contribution is 2.34. The van der Waals surface area contributed by atoms with Crippen molar-refractivity contribution in [2.24, 2.45) is 11.8 Å². The van der Waals surface area contributed by atoms with E-state index >= 15 is 0 Å². The van der Waals surface area contributed by atoms with Crippen LogP contribution in [0.15, 0.2) is 0 Å². The third-order valence-electron chi connectivity index (χ3n) is 3.90. The van der Waals surface area contributed by atoms with Gasteiger partial charge in [-0.25, -0.2) is 4.79 Å². The molecule has 1 aliphatic rings. The van der Waals surface area contributed by atoms with Gasteiger partial charge in [0, 0.05) is 6.54 Å². The van der Waals surface area contributed by atoms with E-state index in [2.05, 4.69) is 31.4 Å². The molecule has 0 aromatic heterocycles. The van der Waals surface area contributed by atoms with Gasteiger partial charge in [-0.1, -0.05) is 20.8 Å². The molecule has 0 aromatic carbocycles. The number of hydrogen-bond donors (Lipinski definition) is 3. The Hall–Kier alpha value is -1.26. The molecule has 0 spiro atoms. The third kappa shape index (κ3) is 4.20. The molecule has 1 rings (SSSR count). The number of carboxylic acid groups (broad SMARTS) is 1. The fraction of sp³-hybridized carbons (Fsp3) is 0.846. The lowest BCUT2D eigenvalue weighted by Crippen LogP contribution is -2.57. The Labute approximate surface area is 108 Å². The Bertz CT molecular complexity index is 311. The van der Waals surface area contributed by atoms with Gasteiger partial charge >= 0.3 is 12.0 Å². The molecular weight excluding hydrogens is 232 g/mol. The van der Waals surface area contributed by atoms with Crippen molar-refractivity contribution < 1.29 is 14.7 Å². The fourth-order valence-electron chi connectivity index (χ4n) is 2.01. The van der Waals surface area contributed by atoms with Crippen molar-refractivity contribution in [1.82, 2.24) is 10.6 Å². The van der Waals surface area contributed by atoms with E-state index in [0.717, 1.165) is 19.3 Å². The molecule has 1 unspecified atom stereocenters. The lowest BCUT2D eigenvalue weighted by Gasteiger charge is -2.41. The number of amides is 2. The Kier molecular flexibility index (Phi) is 4.99. The largest absolute Gasteiger partial charge is 0.481 e. The second-order valence-electron chi connectivity index (χ2n) is 5.76. The van der Waals surface area contributed by atoms with Gasteiger partial charge in [-0.15, -0.1) is 0 Å². The number of carbonyl (C=O) groups excluding carboxylic acids is 1. The molecule has 0 aromatic rings. The first-order valence-corrected chi connectivity index (χ1v) is 6.62. The zero-order chi connectivity index (χ0) is 13.8. The molecule has 1 aliphatic carbocycles. The van der Waals surface area contributed by atoms with Crippen LogP contribution in [0.1, 0.15) is 46.5 Å². The summed E-state index contributed by atoms with van der Waals surface area (Å²) in [4.78, 5) is 22.5. The van der Waals surface area contributed by atoms with Gasteiger partial charge in [-0.05, 0) is 31.1 Å². The third-order valence-corrected chi connectivity index (χ3v) is 3.90. The van der Waals surface area contributed by atoms with Gasteiger partial charge < -0.3 is 15.7 Å². The molecule has 104 valence electrons. The molecule has 0 aliphatic heterocycles. The maximum atomic E-state index is 11.7. The standard InChI is InChI=1S/C13H24N2O3/c1-9(2)10(3)8-14-12(18)15-13(5-4-6-13)7-11(16)17/h9-10H,4-8H2,1-3H3,(H,16,17)(H2,14,15,18). The van der Waals surface area contributed by atoms with Crippen LogP contribution in [-0.4, -0.2) is 29.2 Å². The molecule has 1 atom stereocenters. The SMILES string of the molecule is CC(C)C(C)CNC(=O)NC1(CC(=O)O)CCC1. The monoisotopic (exact) mass is 256 g/mol. The van der Waals surface area contributed by atoms with E-state index in [0.29, 0.717) is 18.4 Å². The first-order valence-electron chi connectivity index (χ1n) is 6.62. The molecular formula is C13H24N2O3. The molecule has 1 fully saturated rings. The van der Waals surface area contributed by atoms with Crippen molar-refractivity contribution >= 4 is 12.0 Å². The van der Waals surface area contributed by atoms with Gasteiger partial charge in [0.2, 0.25) is 0 Å². The first-order chi connectivity index (χ1) is 8.34. The molecule has 5 nitrogen and oxygen atoms in total. The van der Waals surface area contributed by atoms with E-state index in [-0.39, 0.29) is 12.5 Å². The molecule has 2 amide bonds. The Morgan fingerprint density at radius 3 is 2.28 bits per heavy atom. The Morgan fingerprint density at radius 1 is 1.28 bits per heavy atom. The fourth-order valence-corrected chi connectivity index (χ4v) is 2.01.